The lowest BCUT2D eigenvalue weighted by atomic mass is 10.0. The van der Waals surface area contributed by atoms with Gasteiger partial charge in [-0.15, -0.1) is 0 Å². The molecule has 0 aromatic heterocycles. The SMILES string of the molecule is Cc1ccc(N(c2ccc(C)cc2)c2ccc(C=CC(=Cc3ccccc3)c3ccccc3)cc2)cc1. The van der Waals surface area contributed by atoms with Gasteiger partial charge in [-0.05, 0) is 78.6 Å². The van der Waals surface area contributed by atoms with Crippen LogP contribution in [-0.2, 0) is 0 Å². The highest BCUT2D eigenvalue weighted by molar-refractivity contribution is 5.90. The summed E-state index contributed by atoms with van der Waals surface area (Å²) < 4.78 is 0. The summed E-state index contributed by atoms with van der Waals surface area (Å²) in [5, 5.41) is 0. The molecule has 0 aliphatic carbocycles. The molecule has 180 valence electrons. The van der Waals surface area contributed by atoms with Crippen molar-refractivity contribution in [3.8, 4) is 0 Å². The summed E-state index contributed by atoms with van der Waals surface area (Å²) in [6.07, 6.45) is 6.62. The number of hydrogen-bond donors (Lipinski definition) is 0. The molecule has 5 rings (SSSR count). The summed E-state index contributed by atoms with van der Waals surface area (Å²) in [7, 11) is 0. The molecule has 0 aliphatic rings. The molecule has 0 bridgehead atoms. The molecule has 0 fully saturated rings. The number of rotatable bonds is 7. The van der Waals surface area contributed by atoms with Gasteiger partial charge in [-0.25, -0.2) is 0 Å². The van der Waals surface area contributed by atoms with Crippen LogP contribution in [0.5, 0.6) is 0 Å². The standard InChI is InChI=1S/C36H31N/c1-28-13-21-34(22-14-28)37(35-23-15-29(2)16-24-35)36-25-18-30(19-26-36)17-20-33(32-11-7-4-8-12-32)27-31-9-5-3-6-10-31/h3-27H,1-2H3. The fourth-order valence-corrected chi connectivity index (χ4v) is 4.34. The smallest absolute Gasteiger partial charge is 0.0462 e. The van der Waals surface area contributed by atoms with Crippen LogP contribution in [0.15, 0.2) is 140 Å². The van der Waals surface area contributed by atoms with Gasteiger partial charge in [0.2, 0.25) is 0 Å². The molecule has 0 radical (unpaired) electrons. The van der Waals surface area contributed by atoms with E-state index in [2.05, 4.69) is 164 Å². The molecule has 5 aromatic carbocycles. The molecule has 1 nitrogen and oxygen atoms in total. The van der Waals surface area contributed by atoms with Gasteiger partial charge in [0.1, 0.15) is 0 Å². The number of nitrogens with zero attached hydrogens (tertiary/aromatic N) is 1. The zero-order valence-electron chi connectivity index (χ0n) is 21.4. The summed E-state index contributed by atoms with van der Waals surface area (Å²) in [6, 6.07) is 47.2. The minimum atomic E-state index is 1.13. The first-order chi connectivity index (χ1) is 18.2. The van der Waals surface area contributed by atoms with Crippen molar-refractivity contribution >= 4 is 34.8 Å². The van der Waals surface area contributed by atoms with Crippen molar-refractivity contribution in [2.24, 2.45) is 0 Å². The molecule has 0 heterocycles. The van der Waals surface area contributed by atoms with Crippen molar-refractivity contribution in [2.45, 2.75) is 13.8 Å². The maximum Gasteiger partial charge on any atom is 0.0462 e. The number of anilines is 3. The predicted octanol–water partition coefficient (Wildman–Crippen LogP) is 10.0. The Labute approximate surface area is 220 Å². The van der Waals surface area contributed by atoms with E-state index in [1.165, 1.54) is 27.8 Å². The fraction of sp³-hybridized carbons (Fsp3) is 0.0556. The Kier molecular flexibility index (Phi) is 7.43. The highest BCUT2D eigenvalue weighted by atomic mass is 15.1. The van der Waals surface area contributed by atoms with Gasteiger partial charge >= 0.3 is 0 Å². The lowest BCUT2D eigenvalue weighted by Gasteiger charge is -2.25. The minimum Gasteiger partial charge on any atom is -0.311 e. The van der Waals surface area contributed by atoms with Crippen molar-refractivity contribution in [1.82, 2.24) is 0 Å². The van der Waals surface area contributed by atoms with Crippen molar-refractivity contribution < 1.29 is 0 Å². The highest BCUT2D eigenvalue weighted by Crippen LogP contribution is 2.35. The van der Waals surface area contributed by atoms with Crippen LogP contribution in [0.4, 0.5) is 17.1 Å². The summed E-state index contributed by atoms with van der Waals surface area (Å²) in [4.78, 5) is 2.30. The molecule has 5 aromatic rings. The molecule has 0 atom stereocenters. The molecule has 0 spiro atoms. The number of aryl methyl sites for hydroxylation is 2. The second-order valence-electron chi connectivity index (χ2n) is 9.31. The van der Waals surface area contributed by atoms with Gasteiger partial charge in [-0.1, -0.05) is 120 Å². The number of benzene rings is 5. The van der Waals surface area contributed by atoms with E-state index in [0.717, 1.165) is 22.6 Å². The molecule has 0 unspecified atom stereocenters. The van der Waals surface area contributed by atoms with Crippen molar-refractivity contribution in [3.05, 3.63) is 167 Å². The van der Waals surface area contributed by atoms with Crippen LogP contribution in [0, 0.1) is 13.8 Å². The van der Waals surface area contributed by atoms with Crippen molar-refractivity contribution in [1.29, 1.82) is 0 Å². The zero-order chi connectivity index (χ0) is 25.5. The lowest BCUT2D eigenvalue weighted by Crippen LogP contribution is -2.09. The molecule has 1 heteroatoms. The second kappa shape index (κ2) is 11.4. The Hall–Kier alpha value is -4.62. The molecule has 37 heavy (non-hydrogen) atoms. The largest absolute Gasteiger partial charge is 0.311 e. The molecule has 0 saturated carbocycles. The van der Waals surface area contributed by atoms with Gasteiger partial charge in [0, 0.05) is 17.1 Å². The summed E-state index contributed by atoms with van der Waals surface area (Å²) in [5.74, 6) is 0. The van der Waals surface area contributed by atoms with Crippen LogP contribution in [0.2, 0.25) is 0 Å². The molecular formula is C36H31N. The second-order valence-corrected chi connectivity index (χ2v) is 9.31. The van der Waals surface area contributed by atoms with E-state index in [4.69, 9.17) is 0 Å². The highest BCUT2D eigenvalue weighted by Gasteiger charge is 2.12. The number of hydrogen-bond acceptors (Lipinski definition) is 1. The predicted molar refractivity (Wildman–Crippen MR) is 160 cm³/mol. The summed E-state index contributed by atoms with van der Waals surface area (Å²) in [6.45, 7) is 4.24. The Morgan fingerprint density at radius 3 is 1.46 bits per heavy atom. The average Bonchev–Trinajstić information content (AvgIpc) is 2.95. The van der Waals surface area contributed by atoms with Gasteiger partial charge in [-0.2, -0.15) is 0 Å². The summed E-state index contributed by atoms with van der Waals surface area (Å²) in [5.41, 5.74) is 10.7. The van der Waals surface area contributed by atoms with E-state index >= 15 is 0 Å². The lowest BCUT2D eigenvalue weighted by molar-refractivity contribution is 1.27. The van der Waals surface area contributed by atoms with Gasteiger partial charge in [0.15, 0.2) is 0 Å². The van der Waals surface area contributed by atoms with Gasteiger partial charge < -0.3 is 4.90 Å². The molecule has 0 aliphatic heterocycles. The maximum absolute atomic E-state index is 2.30. The number of allylic oxidation sites excluding steroid dienone is 2. The minimum absolute atomic E-state index is 1.13. The van der Waals surface area contributed by atoms with Crippen LogP contribution in [0.1, 0.15) is 27.8 Å². The van der Waals surface area contributed by atoms with E-state index in [-0.39, 0.29) is 0 Å². The summed E-state index contributed by atoms with van der Waals surface area (Å²) >= 11 is 0. The van der Waals surface area contributed by atoms with Gasteiger partial charge in [0.05, 0.1) is 0 Å². The van der Waals surface area contributed by atoms with Crippen LogP contribution in [-0.4, -0.2) is 0 Å². The molecule has 0 saturated heterocycles. The molecule has 0 N–H and O–H groups in total. The van der Waals surface area contributed by atoms with Crippen LogP contribution >= 0.6 is 0 Å². The van der Waals surface area contributed by atoms with Crippen LogP contribution in [0.3, 0.4) is 0 Å². The van der Waals surface area contributed by atoms with E-state index < -0.39 is 0 Å². The molecular weight excluding hydrogens is 446 g/mol. The Morgan fingerprint density at radius 1 is 0.486 bits per heavy atom. The first-order valence-electron chi connectivity index (χ1n) is 12.7. The first-order valence-corrected chi connectivity index (χ1v) is 12.7. The maximum atomic E-state index is 2.30. The fourth-order valence-electron chi connectivity index (χ4n) is 4.34. The normalized spacial score (nSPS) is 11.6. The van der Waals surface area contributed by atoms with E-state index in [0.29, 0.717) is 0 Å². The van der Waals surface area contributed by atoms with Crippen molar-refractivity contribution in [2.75, 3.05) is 4.90 Å². The Balaban J connectivity index is 1.46. The zero-order valence-corrected chi connectivity index (χ0v) is 21.4. The van der Waals surface area contributed by atoms with Crippen LogP contribution < -0.4 is 4.90 Å². The van der Waals surface area contributed by atoms with E-state index in [9.17, 15) is 0 Å². The average molecular weight is 478 g/mol. The van der Waals surface area contributed by atoms with Crippen molar-refractivity contribution in [3.63, 3.8) is 0 Å². The van der Waals surface area contributed by atoms with E-state index in [1.54, 1.807) is 0 Å². The topological polar surface area (TPSA) is 3.24 Å². The van der Waals surface area contributed by atoms with Gasteiger partial charge in [0.25, 0.3) is 0 Å². The quantitative estimate of drug-likeness (QED) is 0.166. The van der Waals surface area contributed by atoms with Gasteiger partial charge in [-0.3, -0.25) is 0 Å². The van der Waals surface area contributed by atoms with Crippen LogP contribution in [0.25, 0.3) is 17.7 Å². The third-order valence-corrected chi connectivity index (χ3v) is 6.42. The Bertz CT molecular complexity index is 1430. The third-order valence-electron chi connectivity index (χ3n) is 6.42. The first kappa shape index (κ1) is 24.1. The molecule has 0 amide bonds. The van der Waals surface area contributed by atoms with E-state index in [1.807, 2.05) is 6.07 Å². The monoisotopic (exact) mass is 477 g/mol. The Morgan fingerprint density at radius 2 is 0.946 bits per heavy atom. The third kappa shape index (κ3) is 6.15.